The van der Waals surface area contributed by atoms with Crippen LogP contribution < -0.4 is 5.73 Å². The maximum Gasteiger partial charge on any atom is 0.194 e. The molecule has 0 saturated heterocycles. The number of hydrogen-bond donors (Lipinski definition) is 1. The minimum atomic E-state index is 0.677. The summed E-state index contributed by atoms with van der Waals surface area (Å²) in [7, 11) is 0. The normalized spacial score (nSPS) is 10.6. The molecule has 0 atom stereocenters. The van der Waals surface area contributed by atoms with E-state index >= 15 is 0 Å². The number of aromatic nitrogens is 1. The first kappa shape index (κ1) is 9.43. The van der Waals surface area contributed by atoms with Crippen molar-refractivity contribution < 1.29 is 4.42 Å². The summed E-state index contributed by atoms with van der Waals surface area (Å²) in [5.74, 6) is 1.62. The molecule has 0 aliphatic heterocycles. The van der Waals surface area contributed by atoms with Crippen LogP contribution in [0.2, 0.25) is 0 Å². The van der Waals surface area contributed by atoms with Gasteiger partial charge in [-0.2, -0.15) is 11.3 Å². The third kappa shape index (κ3) is 2.02. The Hall–Kier alpha value is -1.13. The van der Waals surface area contributed by atoms with E-state index in [4.69, 9.17) is 10.2 Å². The van der Waals surface area contributed by atoms with Gasteiger partial charge in [-0.15, -0.1) is 0 Å². The molecule has 4 heteroatoms. The molecule has 14 heavy (non-hydrogen) atoms. The molecule has 0 fully saturated rings. The first-order chi connectivity index (χ1) is 6.90. The molecule has 0 spiro atoms. The van der Waals surface area contributed by atoms with Gasteiger partial charge in [0.2, 0.25) is 0 Å². The quantitative estimate of drug-likeness (QED) is 0.838. The van der Waals surface area contributed by atoms with Crippen LogP contribution in [0.3, 0.4) is 0 Å². The van der Waals surface area contributed by atoms with E-state index in [0.29, 0.717) is 6.54 Å². The van der Waals surface area contributed by atoms with E-state index in [-0.39, 0.29) is 0 Å². The van der Waals surface area contributed by atoms with Crippen molar-refractivity contribution in [3.05, 3.63) is 28.9 Å². The van der Waals surface area contributed by atoms with Crippen molar-refractivity contribution in [2.24, 2.45) is 5.73 Å². The van der Waals surface area contributed by atoms with Crippen molar-refractivity contribution in [2.45, 2.75) is 12.8 Å². The van der Waals surface area contributed by atoms with Gasteiger partial charge in [0.1, 0.15) is 0 Å². The van der Waals surface area contributed by atoms with Gasteiger partial charge >= 0.3 is 0 Å². The molecule has 3 nitrogen and oxygen atoms in total. The van der Waals surface area contributed by atoms with Crippen molar-refractivity contribution in [2.75, 3.05) is 6.54 Å². The predicted octanol–water partition coefficient (Wildman–Crippen LogP) is 2.29. The van der Waals surface area contributed by atoms with Gasteiger partial charge in [0.05, 0.1) is 6.20 Å². The summed E-state index contributed by atoms with van der Waals surface area (Å²) < 4.78 is 5.57. The third-order valence-electron chi connectivity index (χ3n) is 1.95. The molecule has 2 N–H and O–H groups in total. The fraction of sp³-hybridized carbons (Fsp3) is 0.300. The van der Waals surface area contributed by atoms with Gasteiger partial charge < -0.3 is 10.2 Å². The second-order valence-corrected chi connectivity index (χ2v) is 3.80. The molecular formula is C10H12N2OS. The lowest BCUT2D eigenvalue weighted by Crippen LogP contribution is -2.00. The first-order valence-electron chi connectivity index (χ1n) is 4.57. The van der Waals surface area contributed by atoms with Crippen LogP contribution in [0.4, 0.5) is 0 Å². The summed E-state index contributed by atoms with van der Waals surface area (Å²) in [6, 6.07) is 2.03. The highest BCUT2D eigenvalue weighted by Gasteiger charge is 2.05. The Kier molecular flexibility index (Phi) is 2.96. The van der Waals surface area contributed by atoms with Gasteiger partial charge in [0, 0.05) is 17.4 Å². The monoisotopic (exact) mass is 208 g/mol. The van der Waals surface area contributed by atoms with E-state index < -0.39 is 0 Å². The fourth-order valence-corrected chi connectivity index (χ4v) is 1.86. The topological polar surface area (TPSA) is 52.0 Å². The molecule has 0 unspecified atom stereocenters. The second kappa shape index (κ2) is 4.39. The van der Waals surface area contributed by atoms with Gasteiger partial charge in [0.25, 0.3) is 0 Å². The van der Waals surface area contributed by atoms with Gasteiger partial charge in [-0.25, -0.2) is 4.98 Å². The number of aryl methyl sites for hydroxylation is 1. The molecule has 0 aromatic carbocycles. The summed E-state index contributed by atoms with van der Waals surface area (Å²) in [5.41, 5.74) is 6.51. The molecular weight excluding hydrogens is 196 g/mol. The van der Waals surface area contributed by atoms with Crippen LogP contribution in [0.25, 0.3) is 11.3 Å². The van der Waals surface area contributed by atoms with Crippen molar-refractivity contribution in [1.29, 1.82) is 0 Å². The largest absolute Gasteiger partial charge is 0.441 e. The molecule has 74 valence electrons. The van der Waals surface area contributed by atoms with E-state index in [2.05, 4.69) is 4.98 Å². The molecule has 0 aliphatic rings. The summed E-state index contributed by atoms with van der Waals surface area (Å²) in [5, 5.41) is 4.07. The van der Waals surface area contributed by atoms with Crippen molar-refractivity contribution in [3.63, 3.8) is 0 Å². The molecule has 0 radical (unpaired) electrons. The SMILES string of the molecule is NCCCc1ncc(-c2ccsc2)o1. The first-order valence-corrected chi connectivity index (χ1v) is 5.52. The summed E-state index contributed by atoms with van der Waals surface area (Å²) in [4.78, 5) is 4.19. The highest BCUT2D eigenvalue weighted by molar-refractivity contribution is 7.08. The van der Waals surface area contributed by atoms with E-state index in [1.807, 2.05) is 16.8 Å². The average Bonchev–Trinajstić information content (AvgIpc) is 2.85. The van der Waals surface area contributed by atoms with Gasteiger partial charge in [-0.1, -0.05) is 0 Å². The van der Waals surface area contributed by atoms with Crippen LogP contribution >= 0.6 is 11.3 Å². The average molecular weight is 208 g/mol. The predicted molar refractivity (Wildman–Crippen MR) is 57.2 cm³/mol. The lowest BCUT2D eigenvalue weighted by atomic mass is 10.3. The Bertz CT molecular complexity index is 380. The molecule has 2 heterocycles. The van der Waals surface area contributed by atoms with Crippen molar-refractivity contribution >= 4 is 11.3 Å². The molecule has 2 aromatic rings. The Labute approximate surface area is 86.6 Å². The summed E-state index contributed by atoms with van der Waals surface area (Å²) in [6.45, 7) is 0.677. The highest BCUT2D eigenvalue weighted by Crippen LogP contribution is 2.22. The lowest BCUT2D eigenvalue weighted by Gasteiger charge is -1.91. The van der Waals surface area contributed by atoms with Crippen LogP contribution in [0.5, 0.6) is 0 Å². The van der Waals surface area contributed by atoms with Crippen LogP contribution in [0, 0.1) is 0 Å². The van der Waals surface area contributed by atoms with Crippen LogP contribution in [-0.2, 0) is 6.42 Å². The lowest BCUT2D eigenvalue weighted by molar-refractivity contribution is 0.500. The number of nitrogens with zero attached hydrogens (tertiary/aromatic N) is 1. The fourth-order valence-electron chi connectivity index (χ4n) is 1.22. The number of nitrogens with two attached hydrogens (primary N) is 1. The van der Waals surface area contributed by atoms with Gasteiger partial charge in [-0.05, 0) is 24.4 Å². The van der Waals surface area contributed by atoms with E-state index in [1.165, 1.54) is 0 Å². The van der Waals surface area contributed by atoms with Crippen molar-refractivity contribution in [1.82, 2.24) is 4.98 Å². The Balaban J connectivity index is 2.10. The van der Waals surface area contributed by atoms with Crippen molar-refractivity contribution in [3.8, 4) is 11.3 Å². The Morgan fingerprint density at radius 2 is 2.43 bits per heavy atom. The zero-order valence-electron chi connectivity index (χ0n) is 7.77. The van der Waals surface area contributed by atoms with Gasteiger partial charge in [-0.3, -0.25) is 0 Å². The molecule has 0 amide bonds. The van der Waals surface area contributed by atoms with Gasteiger partial charge in [0.15, 0.2) is 11.7 Å². The molecule has 0 saturated carbocycles. The minimum Gasteiger partial charge on any atom is -0.441 e. The Morgan fingerprint density at radius 1 is 1.50 bits per heavy atom. The zero-order valence-corrected chi connectivity index (χ0v) is 8.59. The summed E-state index contributed by atoms with van der Waals surface area (Å²) >= 11 is 1.65. The van der Waals surface area contributed by atoms with E-state index in [1.54, 1.807) is 17.5 Å². The maximum atomic E-state index is 5.57. The van der Waals surface area contributed by atoms with E-state index in [9.17, 15) is 0 Å². The Morgan fingerprint density at radius 3 is 3.14 bits per heavy atom. The maximum absolute atomic E-state index is 5.57. The number of oxazole rings is 1. The third-order valence-corrected chi connectivity index (χ3v) is 2.64. The molecule has 2 rings (SSSR count). The molecule has 0 bridgehead atoms. The van der Waals surface area contributed by atoms with E-state index in [0.717, 1.165) is 30.1 Å². The summed E-state index contributed by atoms with van der Waals surface area (Å²) in [6.07, 6.45) is 3.51. The zero-order chi connectivity index (χ0) is 9.80. The minimum absolute atomic E-state index is 0.677. The smallest absolute Gasteiger partial charge is 0.194 e. The number of hydrogen-bond acceptors (Lipinski definition) is 4. The van der Waals surface area contributed by atoms with Crippen LogP contribution in [0.1, 0.15) is 12.3 Å². The van der Waals surface area contributed by atoms with Crippen LogP contribution in [-0.4, -0.2) is 11.5 Å². The molecule has 2 aromatic heterocycles. The number of rotatable bonds is 4. The van der Waals surface area contributed by atoms with Crippen LogP contribution in [0.15, 0.2) is 27.4 Å². The molecule has 0 aliphatic carbocycles. The number of thiophene rings is 1. The second-order valence-electron chi connectivity index (χ2n) is 3.02. The highest BCUT2D eigenvalue weighted by atomic mass is 32.1. The standard InChI is InChI=1S/C10H12N2OS/c11-4-1-2-10-12-6-9(13-10)8-3-5-14-7-8/h3,5-7H,1-2,4,11H2.